The number of thiazole rings is 1. The van der Waals surface area contributed by atoms with Crippen molar-refractivity contribution in [1.29, 1.82) is 0 Å². The number of nitrogens with zero attached hydrogens (tertiary/aromatic N) is 1. The van der Waals surface area contributed by atoms with Gasteiger partial charge in [-0.25, -0.2) is 4.98 Å². The van der Waals surface area contributed by atoms with Crippen molar-refractivity contribution in [2.75, 3.05) is 13.2 Å². The van der Waals surface area contributed by atoms with E-state index in [0.29, 0.717) is 36.3 Å². The lowest BCUT2D eigenvalue weighted by Gasteiger charge is -2.10. The van der Waals surface area contributed by atoms with Crippen molar-refractivity contribution in [2.24, 2.45) is 5.73 Å². The first kappa shape index (κ1) is 12.7. The fourth-order valence-corrected chi connectivity index (χ4v) is 2.93. The highest BCUT2D eigenvalue weighted by Gasteiger charge is 2.17. The van der Waals surface area contributed by atoms with Crippen LogP contribution in [0.4, 0.5) is 0 Å². The van der Waals surface area contributed by atoms with Gasteiger partial charge >= 0.3 is 0 Å². The monoisotopic (exact) mass is 296 g/mol. The molecule has 2 heterocycles. The number of hydrogen-bond donors (Lipinski definition) is 1. The summed E-state index contributed by atoms with van der Waals surface area (Å²) in [6.45, 7) is 1.76. The van der Waals surface area contributed by atoms with Crippen LogP contribution >= 0.6 is 22.9 Å². The fourth-order valence-electron chi connectivity index (χ4n) is 1.89. The molecule has 3 rings (SSSR count). The van der Waals surface area contributed by atoms with E-state index in [2.05, 4.69) is 4.98 Å². The third-order valence-electron chi connectivity index (χ3n) is 2.80. The standard InChI is InChI=1S/C13H13ClN2O2S/c14-10-4-8(13-16-7-9(6-15)19-13)5-11-12(10)18-3-1-2-17-11/h4-5,7H,1-3,6,15H2. The number of hydrogen-bond acceptors (Lipinski definition) is 5. The smallest absolute Gasteiger partial charge is 0.179 e. The number of nitrogens with two attached hydrogens (primary N) is 1. The van der Waals surface area contributed by atoms with Gasteiger partial charge in [0, 0.05) is 29.6 Å². The second-order valence-electron chi connectivity index (χ2n) is 4.17. The Bertz CT molecular complexity index is 600. The van der Waals surface area contributed by atoms with Gasteiger partial charge in [0.05, 0.1) is 18.2 Å². The number of benzene rings is 1. The largest absolute Gasteiger partial charge is 0.489 e. The SMILES string of the molecule is NCc1cnc(-c2cc(Cl)c3c(c2)OCCCO3)s1. The number of halogens is 1. The van der Waals surface area contributed by atoms with Crippen molar-refractivity contribution in [2.45, 2.75) is 13.0 Å². The number of ether oxygens (including phenoxy) is 2. The molecule has 1 aliphatic rings. The molecule has 0 spiro atoms. The molecule has 2 aromatic rings. The van der Waals surface area contributed by atoms with Crippen LogP contribution < -0.4 is 15.2 Å². The van der Waals surface area contributed by atoms with Gasteiger partial charge in [-0.05, 0) is 12.1 Å². The lowest BCUT2D eigenvalue weighted by Crippen LogP contribution is -1.97. The van der Waals surface area contributed by atoms with Crippen LogP contribution in [-0.4, -0.2) is 18.2 Å². The maximum Gasteiger partial charge on any atom is 0.179 e. The molecule has 19 heavy (non-hydrogen) atoms. The molecule has 1 aromatic carbocycles. The average Bonchev–Trinajstić information content (AvgIpc) is 2.77. The summed E-state index contributed by atoms with van der Waals surface area (Å²) in [7, 11) is 0. The van der Waals surface area contributed by atoms with Crippen LogP contribution in [0, 0.1) is 0 Å². The summed E-state index contributed by atoms with van der Waals surface area (Å²) in [5.41, 5.74) is 6.53. The third-order valence-corrected chi connectivity index (χ3v) is 4.15. The molecule has 6 heteroatoms. The lowest BCUT2D eigenvalue weighted by molar-refractivity contribution is 0.297. The van der Waals surface area contributed by atoms with E-state index in [0.717, 1.165) is 21.9 Å². The molecule has 0 fully saturated rings. The predicted molar refractivity (Wildman–Crippen MR) is 76.1 cm³/mol. The average molecular weight is 297 g/mol. The van der Waals surface area contributed by atoms with Crippen molar-refractivity contribution in [1.82, 2.24) is 4.98 Å². The molecule has 1 aliphatic heterocycles. The van der Waals surface area contributed by atoms with Crippen LogP contribution in [0.25, 0.3) is 10.6 Å². The second kappa shape index (κ2) is 5.36. The maximum atomic E-state index is 6.26. The topological polar surface area (TPSA) is 57.4 Å². The lowest BCUT2D eigenvalue weighted by atomic mass is 10.2. The highest BCUT2D eigenvalue weighted by atomic mass is 35.5. The molecule has 0 unspecified atom stereocenters. The molecule has 1 aromatic heterocycles. The summed E-state index contributed by atoms with van der Waals surface area (Å²) in [6, 6.07) is 3.78. The molecule has 0 bridgehead atoms. The highest BCUT2D eigenvalue weighted by molar-refractivity contribution is 7.15. The van der Waals surface area contributed by atoms with Crippen molar-refractivity contribution >= 4 is 22.9 Å². The van der Waals surface area contributed by atoms with E-state index < -0.39 is 0 Å². The maximum absolute atomic E-state index is 6.26. The second-order valence-corrected chi connectivity index (χ2v) is 5.69. The Kier molecular flexibility index (Phi) is 3.59. The minimum atomic E-state index is 0.496. The van der Waals surface area contributed by atoms with Gasteiger partial charge in [-0.2, -0.15) is 0 Å². The fraction of sp³-hybridized carbons (Fsp3) is 0.308. The van der Waals surface area contributed by atoms with E-state index in [1.54, 1.807) is 17.5 Å². The molecule has 0 saturated heterocycles. The van der Waals surface area contributed by atoms with E-state index in [4.69, 9.17) is 26.8 Å². The Morgan fingerprint density at radius 2 is 2.16 bits per heavy atom. The molecule has 100 valence electrons. The minimum absolute atomic E-state index is 0.496. The summed E-state index contributed by atoms with van der Waals surface area (Å²) in [6.07, 6.45) is 2.64. The van der Waals surface area contributed by atoms with Gasteiger partial charge < -0.3 is 15.2 Å². The molecular formula is C13H13ClN2O2S. The van der Waals surface area contributed by atoms with Gasteiger partial charge in [0.25, 0.3) is 0 Å². The molecule has 4 nitrogen and oxygen atoms in total. The summed E-state index contributed by atoms with van der Waals surface area (Å²) >= 11 is 7.82. The first-order valence-corrected chi connectivity index (χ1v) is 7.21. The van der Waals surface area contributed by atoms with Gasteiger partial charge in [0.2, 0.25) is 0 Å². The third kappa shape index (κ3) is 2.54. The summed E-state index contributed by atoms with van der Waals surface area (Å²) in [5.74, 6) is 1.31. The van der Waals surface area contributed by atoms with E-state index in [-0.39, 0.29) is 0 Å². The van der Waals surface area contributed by atoms with Gasteiger partial charge in [0.15, 0.2) is 11.5 Å². The Balaban J connectivity index is 2.03. The van der Waals surface area contributed by atoms with E-state index in [1.807, 2.05) is 12.1 Å². The van der Waals surface area contributed by atoms with Crippen molar-refractivity contribution < 1.29 is 9.47 Å². The number of aromatic nitrogens is 1. The summed E-state index contributed by atoms with van der Waals surface area (Å²) in [4.78, 5) is 5.39. The zero-order valence-electron chi connectivity index (χ0n) is 10.2. The zero-order valence-corrected chi connectivity index (χ0v) is 11.8. The van der Waals surface area contributed by atoms with Crippen molar-refractivity contribution in [3.63, 3.8) is 0 Å². The van der Waals surface area contributed by atoms with Crippen molar-refractivity contribution in [3.05, 3.63) is 28.2 Å². The van der Waals surface area contributed by atoms with Gasteiger partial charge in [-0.1, -0.05) is 11.6 Å². The van der Waals surface area contributed by atoms with Gasteiger partial charge in [-0.15, -0.1) is 11.3 Å². The van der Waals surface area contributed by atoms with Gasteiger partial charge in [0.1, 0.15) is 5.01 Å². The van der Waals surface area contributed by atoms with Crippen LogP contribution in [0.1, 0.15) is 11.3 Å². The van der Waals surface area contributed by atoms with Crippen molar-refractivity contribution in [3.8, 4) is 22.1 Å². The molecular weight excluding hydrogens is 284 g/mol. The van der Waals surface area contributed by atoms with Crippen LogP contribution in [0.15, 0.2) is 18.3 Å². The highest BCUT2D eigenvalue weighted by Crippen LogP contribution is 2.41. The number of fused-ring (bicyclic) bond motifs is 1. The molecule has 2 N–H and O–H groups in total. The van der Waals surface area contributed by atoms with E-state index >= 15 is 0 Å². The normalized spacial score (nSPS) is 14.2. The molecule has 0 saturated carbocycles. The summed E-state index contributed by atoms with van der Waals surface area (Å²) < 4.78 is 11.3. The predicted octanol–water partition coefficient (Wildman–Crippen LogP) is 3.08. The zero-order chi connectivity index (χ0) is 13.2. The van der Waals surface area contributed by atoms with Crippen LogP contribution in [-0.2, 0) is 6.54 Å². The van der Waals surface area contributed by atoms with Crippen LogP contribution in [0.3, 0.4) is 0 Å². The Hall–Kier alpha value is -1.30. The summed E-state index contributed by atoms with van der Waals surface area (Å²) in [5, 5.41) is 1.44. The Morgan fingerprint density at radius 1 is 1.32 bits per heavy atom. The molecule has 0 atom stereocenters. The molecule has 0 amide bonds. The quantitative estimate of drug-likeness (QED) is 0.925. The van der Waals surface area contributed by atoms with Crippen LogP contribution in [0.2, 0.25) is 5.02 Å². The first-order chi connectivity index (χ1) is 9.28. The van der Waals surface area contributed by atoms with E-state index in [9.17, 15) is 0 Å². The Morgan fingerprint density at radius 3 is 2.95 bits per heavy atom. The number of rotatable bonds is 2. The van der Waals surface area contributed by atoms with Gasteiger partial charge in [-0.3, -0.25) is 0 Å². The van der Waals surface area contributed by atoms with Crippen LogP contribution in [0.5, 0.6) is 11.5 Å². The molecule has 0 radical (unpaired) electrons. The Labute approximate surface area is 120 Å². The first-order valence-electron chi connectivity index (χ1n) is 6.02. The van der Waals surface area contributed by atoms with E-state index in [1.165, 1.54) is 0 Å². The minimum Gasteiger partial charge on any atom is -0.489 e. The molecule has 0 aliphatic carbocycles.